The summed E-state index contributed by atoms with van der Waals surface area (Å²) in [6.07, 6.45) is 5.27. The molecule has 0 aromatic heterocycles. The summed E-state index contributed by atoms with van der Waals surface area (Å²) in [5, 5.41) is 16.2. The second-order valence-corrected chi connectivity index (χ2v) is 10.9. The second-order valence-electron chi connectivity index (χ2n) is 9.33. The van der Waals surface area contributed by atoms with Crippen LogP contribution in [-0.4, -0.2) is 69.5 Å². The molecule has 7 atom stereocenters. The minimum atomic E-state index is -0.641. The number of rotatable bonds is 11. The van der Waals surface area contributed by atoms with E-state index in [-0.39, 0.29) is 35.5 Å². The quantitative estimate of drug-likeness (QED) is 0.415. The highest BCUT2D eigenvalue weighted by molar-refractivity contribution is 8.02. The molecule has 3 aliphatic heterocycles. The Labute approximate surface area is 190 Å². The molecule has 3 rings (SSSR count). The normalized spacial score (nSPS) is 34.7. The zero-order valence-corrected chi connectivity index (χ0v) is 20.2. The van der Waals surface area contributed by atoms with Crippen LogP contribution in [-0.2, 0) is 14.4 Å². The summed E-state index contributed by atoms with van der Waals surface area (Å²) < 4.78 is -0.604. The van der Waals surface area contributed by atoms with E-state index in [9.17, 15) is 19.5 Å². The zero-order chi connectivity index (χ0) is 22.8. The van der Waals surface area contributed by atoms with Crippen LogP contribution in [0.3, 0.4) is 0 Å². The molecule has 3 unspecified atom stereocenters. The van der Waals surface area contributed by atoms with Gasteiger partial charge in [0.05, 0.1) is 29.2 Å². The summed E-state index contributed by atoms with van der Waals surface area (Å²) in [5.74, 6) is -1.08. The number of amides is 3. The third-order valence-corrected chi connectivity index (χ3v) is 9.51. The Hall–Kier alpha value is -1.28. The molecule has 3 aliphatic rings. The summed E-state index contributed by atoms with van der Waals surface area (Å²) in [4.78, 5) is 42.0. The largest absolute Gasteiger partial charge is 0.394 e. The number of aliphatic hydroxyl groups is 1. The molecule has 3 N–H and O–H groups in total. The van der Waals surface area contributed by atoms with Crippen LogP contribution < -0.4 is 10.6 Å². The minimum absolute atomic E-state index is 0.0625. The van der Waals surface area contributed by atoms with Gasteiger partial charge in [-0.2, -0.15) is 0 Å². The van der Waals surface area contributed by atoms with E-state index in [1.54, 1.807) is 16.7 Å². The highest BCUT2D eigenvalue weighted by Gasteiger charge is 2.76. The number of fused-ring (bicyclic) bond motifs is 1. The van der Waals surface area contributed by atoms with Crippen LogP contribution in [0.15, 0.2) is 0 Å². The molecular weight excluding hydrogens is 414 g/mol. The number of carbonyl (C=O) groups excluding carboxylic acids is 3. The predicted molar refractivity (Wildman–Crippen MR) is 123 cm³/mol. The lowest BCUT2D eigenvalue weighted by atomic mass is 9.66. The van der Waals surface area contributed by atoms with Gasteiger partial charge in [0.1, 0.15) is 6.04 Å². The third-order valence-electron chi connectivity index (χ3n) is 7.44. The number of aliphatic hydroxyl groups excluding tert-OH is 1. The van der Waals surface area contributed by atoms with Crippen LogP contribution >= 0.6 is 11.8 Å². The van der Waals surface area contributed by atoms with Gasteiger partial charge in [0.15, 0.2) is 0 Å². The van der Waals surface area contributed by atoms with E-state index < -0.39 is 28.7 Å². The molecule has 8 heteroatoms. The van der Waals surface area contributed by atoms with Crippen LogP contribution in [0.4, 0.5) is 0 Å². The van der Waals surface area contributed by atoms with Gasteiger partial charge in [-0.25, -0.2) is 0 Å². The van der Waals surface area contributed by atoms with E-state index in [0.717, 1.165) is 32.1 Å². The van der Waals surface area contributed by atoms with E-state index >= 15 is 0 Å². The second kappa shape index (κ2) is 10.1. The molecule has 3 amide bonds. The molecule has 3 saturated heterocycles. The third kappa shape index (κ3) is 3.99. The van der Waals surface area contributed by atoms with Crippen LogP contribution in [0.1, 0.15) is 66.2 Å². The van der Waals surface area contributed by atoms with Crippen molar-refractivity contribution in [1.82, 2.24) is 15.5 Å². The summed E-state index contributed by atoms with van der Waals surface area (Å²) in [6.45, 7) is 9.17. The number of hydrogen-bond donors (Lipinski definition) is 3. The first-order chi connectivity index (χ1) is 14.9. The Morgan fingerprint density at radius 3 is 2.48 bits per heavy atom. The van der Waals surface area contributed by atoms with Gasteiger partial charge >= 0.3 is 0 Å². The molecule has 0 aromatic carbocycles. The van der Waals surface area contributed by atoms with Crippen molar-refractivity contribution in [3.05, 3.63) is 0 Å². The molecule has 31 heavy (non-hydrogen) atoms. The van der Waals surface area contributed by atoms with E-state index in [1.165, 1.54) is 0 Å². The Balaban J connectivity index is 1.96. The van der Waals surface area contributed by atoms with Gasteiger partial charge in [0, 0.05) is 18.3 Å². The average molecular weight is 454 g/mol. The first kappa shape index (κ1) is 24.4. The Kier molecular flexibility index (Phi) is 7.95. The first-order valence-corrected chi connectivity index (χ1v) is 12.9. The van der Waals surface area contributed by atoms with Crippen molar-refractivity contribution in [2.24, 2.45) is 17.8 Å². The molecule has 3 heterocycles. The standard InChI is InChI=1S/C23H39N3O4S/c1-5-8-9-11-25-21(29)19-23-14(4)12-16(31-23)17(20(28)24-10-6-2)18(23)22(30)26(19)15(7-3)13-27/h14-19,27H,5-13H2,1-4H3,(H,24,28)(H,25,29)/t14?,15-,16+,17-,18-,19?,23?/m0/s1. The van der Waals surface area contributed by atoms with Crippen molar-refractivity contribution in [3.63, 3.8) is 0 Å². The van der Waals surface area contributed by atoms with Crippen molar-refractivity contribution in [1.29, 1.82) is 0 Å². The lowest BCUT2D eigenvalue weighted by molar-refractivity contribution is -0.142. The summed E-state index contributed by atoms with van der Waals surface area (Å²) >= 11 is 1.69. The van der Waals surface area contributed by atoms with Gasteiger partial charge in [-0.05, 0) is 31.6 Å². The molecule has 0 saturated carbocycles. The van der Waals surface area contributed by atoms with E-state index in [4.69, 9.17) is 0 Å². The lowest BCUT2D eigenvalue weighted by Crippen LogP contribution is -2.58. The zero-order valence-electron chi connectivity index (χ0n) is 19.4. The Bertz CT molecular complexity index is 686. The minimum Gasteiger partial charge on any atom is -0.394 e. The molecule has 0 aliphatic carbocycles. The van der Waals surface area contributed by atoms with Crippen LogP contribution in [0.25, 0.3) is 0 Å². The number of likely N-dealkylation sites (tertiary alicyclic amines) is 1. The van der Waals surface area contributed by atoms with Gasteiger partial charge in [-0.3, -0.25) is 14.4 Å². The molecule has 0 aromatic rings. The summed E-state index contributed by atoms with van der Waals surface area (Å²) in [7, 11) is 0. The summed E-state index contributed by atoms with van der Waals surface area (Å²) in [6, 6.07) is -1.05. The van der Waals surface area contributed by atoms with Crippen molar-refractivity contribution < 1.29 is 19.5 Å². The molecular formula is C23H39N3O4S. The Morgan fingerprint density at radius 2 is 1.87 bits per heavy atom. The lowest BCUT2D eigenvalue weighted by Gasteiger charge is -2.40. The number of nitrogens with zero attached hydrogens (tertiary/aromatic N) is 1. The predicted octanol–water partition coefficient (Wildman–Crippen LogP) is 1.93. The molecule has 7 nitrogen and oxygen atoms in total. The van der Waals surface area contributed by atoms with Crippen LogP contribution in [0.2, 0.25) is 0 Å². The van der Waals surface area contributed by atoms with Gasteiger partial charge < -0.3 is 20.6 Å². The van der Waals surface area contributed by atoms with Crippen LogP contribution in [0.5, 0.6) is 0 Å². The fraction of sp³-hybridized carbons (Fsp3) is 0.870. The first-order valence-electron chi connectivity index (χ1n) is 12.0. The topological polar surface area (TPSA) is 98.7 Å². The average Bonchev–Trinajstić information content (AvgIpc) is 3.34. The van der Waals surface area contributed by atoms with Crippen molar-refractivity contribution >= 4 is 29.5 Å². The molecule has 1 spiro atoms. The fourth-order valence-corrected chi connectivity index (χ4v) is 8.32. The maximum Gasteiger partial charge on any atom is 0.244 e. The van der Waals surface area contributed by atoms with Crippen molar-refractivity contribution in [2.75, 3.05) is 19.7 Å². The van der Waals surface area contributed by atoms with E-state index in [0.29, 0.717) is 19.5 Å². The molecule has 3 fully saturated rings. The highest BCUT2D eigenvalue weighted by atomic mass is 32.2. The van der Waals surface area contributed by atoms with Crippen LogP contribution in [0, 0.1) is 17.8 Å². The van der Waals surface area contributed by atoms with Gasteiger partial charge in [0.25, 0.3) is 0 Å². The SMILES string of the molecule is CCCCCNC(=O)C1N([C@@H](CC)CO)C(=O)[C@@H]2[C@@H](C(=O)NCCC)[C@H]3CC(C)C12S3. The number of nitrogens with one attached hydrogen (secondary N) is 2. The van der Waals surface area contributed by atoms with E-state index in [1.807, 2.05) is 13.8 Å². The highest BCUT2D eigenvalue weighted by Crippen LogP contribution is 2.68. The number of unbranched alkanes of at least 4 members (excludes halogenated alkanes) is 2. The molecule has 176 valence electrons. The van der Waals surface area contributed by atoms with Crippen molar-refractivity contribution in [3.8, 4) is 0 Å². The van der Waals surface area contributed by atoms with Gasteiger partial charge in [-0.15, -0.1) is 11.8 Å². The Morgan fingerprint density at radius 1 is 1.16 bits per heavy atom. The van der Waals surface area contributed by atoms with Gasteiger partial charge in [-0.1, -0.05) is 40.5 Å². The molecule has 2 bridgehead atoms. The van der Waals surface area contributed by atoms with Crippen molar-refractivity contribution in [2.45, 2.75) is 88.3 Å². The molecule has 0 radical (unpaired) electrons. The maximum absolute atomic E-state index is 13.8. The number of thioether (sulfide) groups is 1. The number of carbonyl (C=O) groups is 3. The number of hydrogen-bond acceptors (Lipinski definition) is 5. The van der Waals surface area contributed by atoms with E-state index in [2.05, 4.69) is 24.5 Å². The maximum atomic E-state index is 13.8. The van der Waals surface area contributed by atoms with Gasteiger partial charge in [0.2, 0.25) is 17.7 Å². The summed E-state index contributed by atoms with van der Waals surface area (Å²) in [5.41, 5.74) is 0. The monoisotopic (exact) mass is 453 g/mol. The smallest absolute Gasteiger partial charge is 0.244 e. The fourth-order valence-electron chi connectivity index (χ4n) is 5.92.